The second-order valence-corrected chi connectivity index (χ2v) is 4.80. The van der Waals surface area contributed by atoms with Crippen LogP contribution in [0.2, 0.25) is 0 Å². The fraction of sp³-hybridized carbons (Fsp3) is 0.231. The highest BCUT2D eigenvalue weighted by molar-refractivity contribution is 9.10. The van der Waals surface area contributed by atoms with Crippen molar-refractivity contribution in [2.24, 2.45) is 0 Å². The van der Waals surface area contributed by atoms with Crippen molar-refractivity contribution >= 4 is 33.4 Å². The van der Waals surface area contributed by atoms with Crippen molar-refractivity contribution in [1.82, 2.24) is 9.97 Å². The van der Waals surface area contributed by atoms with Gasteiger partial charge in [0.1, 0.15) is 5.82 Å². The number of aromatic nitrogens is 2. The summed E-state index contributed by atoms with van der Waals surface area (Å²) in [5.74, 6) is 1.46. The molecule has 0 spiro atoms. The molecule has 0 amide bonds. The molecule has 0 aliphatic carbocycles. The summed E-state index contributed by atoms with van der Waals surface area (Å²) in [5.41, 5.74) is 2.02. The Morgan fingerprint density at radius 3 is 2.61 bits per heavy atom. The molecular formula is C13H15BrN4. The summed E-state index contributed by atoms with van der Waals surface area (Å²) in [6.45, 7) is 4.81. The van der Waals surface area contributed by atoms with Gasteiger partial charge in [-0.15, -0.1) is 0 Å². The Morgan fingerprint density at radius 2 is 1.94 bits per heavy atom. The average Bonchev–Trinajstić information content (AvgIpc) is 2.36. The van der Waals surface area contributed by atoms with E-state index in [1.54, 1.807) is 0 Å². The van der Waals surface area contributed by atoms with Crippen LogP contribution in [0.3, 0.4) is 0 Å². The summed E-state index contributed by atoms with van der Waals surface area (Å²) >= 11 is 3.41. The van der Waals surface area contributed by atoms with Crippen LogP contribution in [-0.2, 0) is 0 Å². The van der Waals surface area contributed by atoms with E-state index >= 15 is 0 Å². The van der Waals surface area contributed by atoms with Crippen LogP contribution < -0.4 is 10.6 Å². The van der Waals surface area contributed by atoms with Crippen molar-refractivity contribution in [1.29, 1.82) is 0 Å². The fourth-order valence-corrected chi connectivity index (χ4v) is 1.75. The van der Waals surface area contributed by atoms with Gasteiger partial charge in [0, 0.05) is 28.5 Å². The Morgan fingerprint density at radius 1 is 1.22 bits per heavy atom. The molecule has 0 saturated carbocycles. The molecule has 0 aliphatic rings. The summed E-state index contributed by atoms with van der Waals surface area (Å²) < 4.78 is 1.06. The van der Waals surface area contributed by atoms with E-state index in [-0.39, 0.29) is 0 Å². The molecule has 0 unspecified atom stereocenters. The van der Waals surface area contributed by atoms with Crippen molar-refractivity contribution in [3.8, 4) is 0 Å². The largest absolute Gasteiger partial charge is 0.354 e. The van der Waals surface area contributed by atoms with Crippen LogP contribution in [0.15, 0.2) is 34.9 Å². The monoisotopic (exact) mass is 306 g/mol. The van der Waals surface area contributed by atoms with E-state index in [4.69, 9.17) is 0 Å². The zero-order valence-electron chi connectivity index (χ0n) is 10.4. The first-order valence-electron chi connectivity index (χ1n) is 5.79. The first-order valence-corrected chi connectivity index (χ1v) is 6.58. The maximum atomic E-state index is 4.43. The zero-order valence-corrected chi connectivity index (χ0v) is 12.0. The van der Waals surface area contributed by atoms with Crippen molar-refractivity contribution < 1.29 is 0 Å². The van der Waals surface area contributed by atoms with E-state index in [2.05, 4.69) is 36.5 Å². The third-order valence-electron chi connectivity index (χ3n) is 2.41. The summed E-state index contributed by atoms with van der Waals surface area (Å²) in [5, 5.41) is 6.39. The highest BCUT2D eigenvalue weighted by Crippen LogP contribution is 2.20. The summed E-state index contributed by atoms with van der Waals surface area (Å²) in [6.07, 6.45) is 1.81. The van der Waals surface area contributed by atoms with Crippen molar-refractivity contribution in [2.75, 3.05) is 17.2 Å². The summed E-state index contributed by atoms with van der Waals surface area (Å²) in [6, 6.07) is 7.98. The van der Waals surface area contributed by atoms with Crippen molar-refractivity contribution in [3.05, 3.63) is 40.5 Å². The summed E-state index contributed by atoms with van der Waals surface area (Å²) in [7, 11) is 0. The lowest BCUT2D eigenvalue weighted by Crippen LogP contribution is -2.05. The molecule has 94 valence electrons. The molecule has 0 saturated heterocycles. The normalized spacial score (nSPS) is 10.2. The van der Waals surface area contributed by atoms with Crippen LogP contribution >= 0.6 is 15.9 Å². The molecular weight excluding hydrogens is 292 g/mol. The van der Waals surface area contributed by atoms with Gasteiger partial charge in [0.2, 0.25) is 5.95 Å². The minimum atomic E-state index is 0.641. The van der Waals surface area contributed by atoms with Gasteiger partial charge in [0.05, 0.1) is 0 Å². The molecule has 1 aromatic carbocycles. The van der Waals surface area contributed by atoms with Gasteiger partial charge in [-0.2, -0.15) is 4.98 Å². The standard InChI is InChI=1S/C13H15BrN4/c1-3-15-13-16-8-9(2)12(18-13)17-11-6-4-10(14)5-7-11/h4-8H,3H2,1-2H3,(H2,15,16,17,18). The van der Waals surface area contributed by atoms with E-state index in [1.807, 2.05) is 44.3 Å². The number of aryl methyl sites for hydroxylation is 1. The van der Waals surface area contributed by atoms with E-state index in [9.17, 15) is 0 Å². The number of nitrogens with zero attached hydrogens (tertiary/aromatic N) is 2. The lowest BCUT2D eigenvalue weighted by molar-refractivity contribution is 1.07. The Hall–Kier alpha value is -1.62. The Balaban J connectivity index is 2.22. The van der Waals surface area contributed by atoms with Crippen LogP contribution in [-0.4, -0.2) is 16.5 Å². The van der Waals surface area contributed by atoms with E-state index in [0.717, 1.165) is 28.1 Å². The van der Waals surface area contributed by atoms with Gasteiger partial charge in [0.15, 0.2) is 0 Å². The van der Waals surface area contributed by atoms with Gasteiger partial charge in [-0.3, -0.25) is 0 Å². The SMILES string of the molecule is CCNc1ncc(C)c(Nc2ccc(Br)cc2)n1. The highest BCUT2D eigenvalue weighted by Gasteiger charge is 2.03. The Bertz CT molecular complexity index is 525. The van der Waals surface area contributed by atoms with E-state index in [0.29, 0.717) is 5.95 Å². The van der Waals surface area contributed by atoms with E-state index < -0.39 is 0 Å². The van der Waals surface area contributed by atoms with Crippen molar-refractivity contribution in [3.63, 3.8) is 0 Å². The number of anilines is 3. The smallest absolute Gasteiger partial charge is 0.224 e. The van der Waals surface area contributed by atoms with Crippen LogP contribution in [0.25, 0.3) is 0 Å². The molecule has 0 aliphatic heterocycles. The maximum Gasteiger partial charge on any atom is 0.224 e. The Kier molecular flexibility index (Phi) is 4.15. The number of hydrogen-bond acceptors (Lipinski definition) is 4. The van der Waals surface area contributed by atoms with Crippen molar-refractivity contribution in [2.45, 2.75) is 13.8 Å². The number of nitrogens with one attached hydrogen (secondary N) is 2. The lowest BCUT2D eigenvalue weighted by Gasteiger charge is -2.10. The van der Waals surface area contributed by atoms with Crippen LogP contribution in [0.5, 0.6) is 0 Å². The first-order chi connectivity index (χ1) is 8.69. The van der Waals surface area contributed by atoms with Gasteiger partial charge >= 0.3 is 0 Å². The quantitative estimate of drug-likeness (QED) is 0.904. The fourth-order valence-electron chi connectivity index (χ4n) is 1.48. The third kappa shape index (κ3) is 3.20. The second-order valence-electron chi connectivity index (χ2n) is 3.89. The van der Waals surface area contributed by atoms with Crippen LogP contribution in [0, 0.1) is 6.92 Å². The predicted molar refractivity (Wildman–Crippen MR) is 78.4 cm³/mol. The highest BCUT2D eigenvalue weighted by atomic mass is 79.9. The molecule has 4 nitrogen and oxygen atoms in total. The second kappa shape index (κ2) is 5.82. The molecule has 2 N–H and O–H groups in total. The number of hydrogen-bond donors (Lipinski definition) is 2. The third-order valence-corrected chi connectivity index (χ3v) is 2.94. The van der Waals surface area contributed by atoms with Crippen LogP contribution in [0.4, 0.5) is 17.5 Å². The molecule has 2 aromatic rings. The molecule has 0 atom stereocenters. The number of rotatable bonds is 4. The predicted octanol–water partition coefficient (Wildman–Crippen LogP) is 3.72. The molecule has 0 bridgehead atoms. The molecule has 18 heavy (non-hydrogen) atoms. The number of halogens is 1. The molecule has 1 aromatic heterocycles. The molecule has 2 rings (SSSR count). The molecule has 5 heteroatoms. The minimum Gasteiger partial charge on any atom is -0.354 e. The molecule has 0 fully saturated rings. The van der Waals surface area contributed by atoms with Gasteiger partial charge in [-0.25, -0.2) is 4.98 Å². The van der Waals surface area contributed by atoms with Crippen LogP contribution in [0.1, 0.15) is 12.5 Å². The summed E-state index contributed by atoms with van der Waals surface area (Å²) in [4.78, 5) is 8.65. The topological polar surface area (TPSA) is 49.8 Å². The van der Waals surface area contributed by atoms with Gasteiger partial charge in [0.25, 0.3) is 0 Å². The van der Waals surface area contributed by atoms with Gasteiger partial charge < -0.3 is 10.6 Å². The molecule has 0 radical (unpaired) electrons. The average molecular weight is 307 g/mol. The zero-order chi connectivity index (χ0) is 13.0. The Labute approximate surface area is 115 Å². The van der Waals surface area contributed by atoms with Gasteiger partial charge in [-0.1, -0.05) is 15.9 Å². The molecule has 1 heterocycles. The van der Waals surface area contributed by atoms with Gasteiger partial charge in [-0.05, 0) is 38.1 Å². The minimum absolute atomic E-state index is 0.641. The number of benzene rings is 1. The maximum absolute atomic E-state index is 4.43. The van der Waals surface area contributed by atoms with E-state index in [1.165, 1.54) is 0 Å². The first kappa shape index (κ1) is 12.8. The lowest BCUT2D eigenvalue weighted by atomic mass is 10.3.